The molecule has 10 aromatic rings. The van der Waals surface area contributed by atoms with Crippen molar-refractivity contribution in [1.82, 2.24) is 14.5 Å². The molecule has 1 radical (unpaired) electrons. The van der Waals surface area contributed by atoms with Crippen LogP contribution in [-0.4, -0.2) is 14.5 Å². The van der Waals surface area contributed by atoms with Crippen LogP contribution < -0.4 is 0 Å². The third-order valence-electron chi connectivity index (χ3n) is 14.5. The number of rotatable bonds is 5. The fourth-order valence-electron chi connectivity index (χ4n) is 10.6. The Balaban J connectivity index is 0.000000180. The summed E-state index contributed by atoms with van der Waals surface area (Å²) in [4.78, 5) is 9.17. The van der Waals surface area contributed by atoms with Gasteiger partial charge in [-0.2, -0.15) is 0 Å². The van der Waals surface area contributed by atoms with E-state index in [1.54, 1.807) is 0 Å². The molecule has 12 rings (SSSR count). The van der Waals surface area contributed by atoms with E-state index in [0.717, 1.165) is 33.8 Å². The van der Waals surface area contributed by atoms with Crippen molar-refractivity contribution < 1.29 is 20.1 Å². The first kappa shape index (κ1) is 46.4. The maximum Gasteiger partial charge on any atom is 0.0544 e. The molecular weight excluding hydrogens is 1000 g/mol. The Hall–Kier alpha value is -6.71. The summed E-state index contributed by atoms with van der Waals surface area (Å²) in [5, 5.41) is 2.57. The van der Waals surface area contributed by atoms with Gasteiger partial charge in [-0.05, 0) is 110 Å². The van der Waals surface area contributed by atoms with Crippen molar-refractivity contribution in [3.05, 3.63) is 223 Å². The molecule has 68 heavy (non-hydrogen) atoms. The van der Waals surface area contributed by atoms with Crippen molar-refractivity contribution >= 4 is 21.8 Å². The molecule has 0 fully saturated rings. The van der Waals surface area contributed by atoms with Gasteiger partial charge in [-0.3, -0.25) is 0 Å². The van der Waals surface area contributed by atoms with Crippen LogP contribution >= 0.6 is 0 Å². The molecular formula is C64H57IrN3-2. The SMILES string of the molecule is C.CC1(C)CCC(C)(C)c2cc(-c3cc(-c4ccccc4)ccn3)[c-]cc21.CC1(C)c2ccccc2-c2cc3c4ccccc4n(-c4cccc(-c5cc[c-]c(-c6ccccn6)c5)c4)c3cc21.[Ir]. The first-order valence-corrected chi connectivity index (χ1v) is 23.3. The normalized spacial score (nSPS) is 14.6. The summed E-state index contributed by atoms with van der Waals surface area (Å²) < 4.78 is 2.43. The second-order valence-corrected chi connectivity index (χ2v) is 19.9. The van der Waals surface area contributed by atoms with Gasteiger partial charge in [0.1, 0.15) is 0 Å². The van der Waals surface area contributed by atoms with Gasteiger partial charge in [0.15, 0.2) is 0 Å². The fourth-order valence-corrected chi connectivity index (χ4v) is 10.6. The molecule has 0 saturated heterocycles. The van der Waals surface area contributed by atoms with E-state index in [0.29, 0.717) is 0 Å². The van der Waals surface area contributed by atoms with Gasteiger partial charge in [-0.1, -0.05) is 159 Å². The molecule has 0 amide bonds. The maximum atomic E-state index is 4.64. The second kappa shape index (κ2) is 18.1. The average molecular weight is 1060 g/mol. The molecule has 0 unspecified atom stereocenters. The minimum absolute atomic E-state index is 0. The van der Waals surface area contributed by atoms with E-state index in [4.69, 9.17) is 0 Å². The predicted molar refractivity (Wildman–Crippen MR) is 282 cm³/mol. The van der Waals surface area contributed by atoms with Gasteiger partial charge in [0.2, 0.25) is 0 Å². The summed E-state index contributed by atoms with van der Waals surface area (Å²) >= 11 is 0. The van der Waals surface area contributed by atoms with E-state index in [9.17, 15) is 0 Å². The predicted octanol–water partition coefficient (Wildman–Crippen LogP) is 16.8. The first-order valence-electron chi connectivity index (χ1n) is 23.3. The van der Waals surface area contributed by atoms with Gasteiger partial charge in [0, 0.05) is 54.4 Å². The van der Waals surface area contributed by atoms with Crippen molar-refractivity contribution in [2.75, 3.05) is 0 Å². The van der Waals surface area contributed by atoms with Gasteiger partial charge in [-0.25, -0.2) is 0 Å². The molecule has 2 aliphatic carbocycles. The summed E-state index contributed by atoms with van der Waals surface area (Å²) in [7, 11) is 0. The number of fused-ring (bicyclic) bond motifs is 7. The number of nitrogens with zero attached hydrogens (tertiary/aromatic N) is 3. The largest absolute Gasteiger partial charge is 0.309 e. The minimum atomic E-state index is -0.0499. The van der Waals surface area contributed by atoms with E-state index in [-0.39, 0.29) is 43.8 Å². The zero-order chi connectivity index (χ0) is 45.2. The molecule has 0 spiro atoms. The number of para-hydroxylation sites is 1. The van der Waals surface area contributed by atoms with Crippen LogP contribution in [0.2, 0.25) is 0 Å². The van der Waals surface area contributed by atoms with E-state index < -0.39 is 0 Å². The van der Waals surface area contributed by atoms with Crippen molar-refractivity contribution in [2.45, 2.75) is 78.1 Å². The van der Waals surface area contributed by atoms with Gasteiger partial charge >= 0.3 is 0 Å². The molecule has 2 aliphatic rings. The first-order chi connectivity index (χ1) is 32.0. The van der Waals surface area contributed by atoms with Crippen molar-refractivity contribution in [3.8, 4) is 61.6 Å². The number of aromatic nitrogens is 3. The van der Waals surface area contributed by atoms with Gasteiger partial charge in [0.05, 0.1) is 11.0 Å². The van der Waals surface area contributed by atoms with Gasteiger partial charge in [-0.15, -0.1) is 70.3 Å². The minimum Gasteiger partial charge on any atom is -0.309 e. The van der Waals surface area contributed by atoms with Crippen LogP contribution in [0.25, 0.3) is 83.4 Å². The maximum absolute atomic E-state index is 4.64. The Labute approximate surface area is 416 Å². The quantitative estimate of drug-likeness (QED) is 0.161. The number of pyridine rings is 2. The Kier molecular flexibility index (Phi) is 12.3. The molecule has 3 aromatic heterocycles. The third kappa shape index (κ3) is 8.14. The van der Waals surface area contributed by atoms with Crippen LogP contribution in [-0.2, 0) is 36.4 Å². The van der Waals surface area contributed by atoms with Crippen molar-refractivity contribution in [2.24, 2.45) is 0 Å². The van der Waals surface area contributed by atoms with E-state index in [1.807, 2.05) is 42.7 Å². The fraction of sp³-hybridized carbons (Fsp3) is 0.188. The molecule has 339 valence electrons. The topological polar surface area (TPSA) is 30.7 Å². The molecule has 4 heteroatoms. The zero-order valence-electron chi connectivity index (χ0n) is 39.0. The van der Waals surface area contributed by atoms with E-state index in [2.05, 4.69) is 214 Å². The Bertz CT molecular complexity index is 3450. The Morgan fingerprint density at radius 1 is 0.456 bits per heavy atom. The van der Waals surface area contributed by atoms with E-state index in [1.165, 1.54) is 84.7 Å². The van der Waals surface area contributed by atoms with E-state index >= 15 is 0 Å². The summed E-state index contributed by atoms with van der Waals surface area (Å²) in [6, 6.07) is 69.8. The Morgan fingerprint density at radius 2 is 1.13 bits per heavy atom. The number of hydrogen-bond donors (Lipinski definition) is 0. The summed E-state index contributed by atoms with van der Waals surface area (Å²) in [6.45, 7) is 14.1. The smallest absolute Gasteiger partial charge is 0.0544 e. The van der Waals surface area contributed by atoms with Gasteiger partial charge in [0.25, 0.3) is 0 Å². The monoisotopic (exact) mass is 1060 g/mol. The number of benzene rings is 7. The summed E-state index contributed by atoms with van der Waals surface area (Å²) in [6.07, 6.45) is 6.17. The van der Waals surface area contributed by atoms with Crippen LogP contribution in [0.5, 0.6) is 0 Å². The standard InChI is InChI=1S/C38H27N2.C25H26N.CH4.Ir/c1-38(2)33-17-5-3-15-29(33)31-23-32-30-16-4-6-19-36(30)40(37(32)24-34(31)38)28-14-10-12-26(22-28)25-11-9-13-27(21-25)35-18-7-8-20-39-35;1-24(2)13-14-25(3,4)22-16-20(10-11-21(22)24)23-17-19(12-15-26-23)18-8-6-5-7-9-18;;/h3-12,14-24H,1-2H3;5-9,11-12,15-17H,13-14H2,1-4H3;1H4;/q2*-1;;. The molecule has 0 aliphatic heterocycles. The van der Waals surface area contributed by atoms with Crippen molar-refractivity contribution in [1.29, 1.82) is 0 Å². The summed E-state index contributed by atoms with van der Waals surface area (Å²) in [5.74, 6) is 0. The molecule has 0 N–H and O–H groups in total. The van der Waals surface area contributed by atoms with Crippen LogP contribution in [0.3, 0.4) is 0 Å². The molecule has 3 heterocycles. The number of hydrogen-bond acceptors (Lipinski definition) is 2. The van der Waals surface area contributed by atoms with Crippen LogP contribution in [0.4, 0.5) is 0 Å². The van der Waals surface area contributed by atoms with Crippen LogP contribution in [0.15, 0.2) is 188 Å². The summed E-state index contributed by atoms with van der Waals surface area (Å²) in [5.41, 5.74) is 21.1. The molecule has 7 aromatic carbocycles. The molecule has 0 bridgehead atoms. The van der Waals surface area contributed by atoms with Gasteiger partial charge < -0.3 is 14.5 Å². The average Bonchev–Trinajstić information content (AvgIpc) is 3.80. The van der Waals surface area contributed by atoms with Crippen LogP contribution in [0, 0.1) is 12.1 Å². The Morgan fingerprint density at radius 3 is 1.94 bits per heavy atom. The molecule has 3 nitrogen and oxygen atoms in total. The van der Waals surface area contributed by atoms with Crippen molar-refractivity contribution in [3.63, 3.8) is 0 Å². The second-order valence-electron chi connectivity index (χ2n) is 19.9. The zero-order valence-corrected chi connectivity index (χ0v) is 41.4. The third-order valence-corrected chi connectivity index (χ3v) is 14.5. The molecule has 0 atom stereocenters. The van der Waals surface area contributed by atoms with Crippen LogP contribution in [0.1, 0.15) is 84.1 Å². The molecule has 0 saturated carbocycles.